The van der Waals surface area contributed by atoms with E-state index in [4.69, 9.17) is 15.7 Å². The van der Waals surface area contributed by atoms with E-state index in [9.17, 15) is 14.4 Å². The summed E-state index contributed by atoms with van der Waals surface area (Å²) in [6.45, 7) is 9.73. The number of Topliss-reactive ketones (excluding diaryl/α,β-unsaturated/α-hetero) is 3. The Hall–Kier alpha value is 0.742. The van der Waals surface area contributed by atoms with Gasteiger partial charge in [-0.1, -0.05) is 10.9 Å². The van der Waals surface area contributed by atoms with Crippen LogP contribution in [0.1, 0.15) is 39.5 Å². The van der Waals surface area contributed by atoms with Crippen molar-refractivity contribution < 1.29 is 108 Å². The van der Waals surface area contributed by atoms with E-state index < -0.39 is 0 Å². The molecule has 0 aliphatic heterocycles. The Labute approximate surface area is 248 Å². The Morgan fingerprint density at radius 3 is 1.57 bits per heavy atom. The smallest absolute Gasteiger partial charge is 0.408 e. The van der Waals surface area contributed by atoms with Gasteiger partial charge in [0.2, 0.25) is 0 Å². The molecule has 0 aromatic carbocycles. The van der Waals surface area contributed by atoms with Crippen LogP contribution in [0.5, 0.6) is 0 Å². The van der Waals surface area contributed by atoms with Gasteiger partial charge in [0.25, 0.3) is 0 Å². The predicted octanol–water partition coefficient (Wildman–Crippen LogP) is 2.29. The van der Waals surface area contributed by atoms with Crippen molar-refractivity contribution in [2.45, 2.75) is 39.5 Å². The molecule has 0 heterocycles. The predicted molar refractivity (Wildman–Crippen MR) is 113 cm³/mol. The fourth-order valence-corrected chi connectivity index (χ4v) is 1.31. The maximum Gasteiger partial charge on any atom is 2.00 e. The number of hydrogen-bond acceptors (Lipinski definition) is 7. The summed E-state index contributed by atoms with van der Waals surface area (Å²) in [6, 6.07) is 0. The number of rotatable bonds is 11. The number of oxime groups is 2. The van der Waals surface area contributed by atoms with E-state index in [1.807, 2.05) is 0 Å². The zero-order valence-corrected chi connectivity index (χ0v) is 25.9. The molecule has 0 unspecified atom stereocenters. The molecule has 12 heteroatoms. The summed E-state index contributed by atoms with van der Waals surface area (Å²) in [5, 5.41) is 7.04. The van der Waals surface area contributed by atoms with E-state index in [0.29, 0.717) is 11.4 Å². The largest absolute Gasteiger partial charge is 2.00 e. The van der Waals surface area contributed by atoms with Crippen molar-refractivity contribution in [1.82, 2.24) is 0 Å². The molecule has 0 aliphatic rings. The van der Waals surface area contributed by atoms with Gasteiger partial charge in [0.05, 0.1) is 18.7 Å². The third-order valence-electron chi connectivity index (χ3n) is 2.12. The van der Waals surface area contributed by atoms with Crippen LogP contribution in [0.15, 0.2) is 10.3 Å². The zero-order valence-electron chi connectivity index (χ0n) is 18.8. The molecule has 0 saturated heterocycles. The summed E-state index contributed by atoms with van der Waals surface area (Å²) in [5.74, 6) is -0.138. The first-order valence-corrected chi connectivity index (χ1v) is 7.15. The van der Waals surface area contributed by atoms with Crippen molar-refractivity contribution in [3.8, 4) is 0 Å². The fourth-order valence-electron chi connectivity index (χ4n) is 1.31. The number of carbonyl (C=O) groups excluding carboxylic acids is 3. The molecule has 0 fully saturated rings. The maximum atomic E-state index is 11.0. The van der Waals surface area contributed by atoms with Gasteiger partial charge in [-0.2, -0.15) is 0 Å². The van der Waals surface area contributed by atoms with E-state index in [1.54, 1.807) is 0 Å². The van der Waals surface area contributed by atoms with E-state index >= 15 is 0 Å². The van der Waals surface area contributed by atoms with Gasteiger partial charge in [-0.3, -0.25) is 9.59 Å². The van der Waals surface area contributed by atoms with Gasteiger partial charge in [-0.25, -0.2) is 0 Å². The number of hydrogen-bond donors (Lipinski definition) is 0. The quantitative estimate of drug-likeness (QED) is 0.156. The molecular formula is C18H31B2N2O5VY2-3. The molecule has 7 radical (unpaired) electrons. The van der Waals surface area contributed by atoms with Crippen LogP contribution in [0.2, 0.25) is 0 Å². The Kier molecular flexibility index (Phi) is 65.0. The summed E-state index contributed by atoms with van der Waals surface area (Å²) >= 11 is 0. The van der Waals surface area contributed by atoms with Crippen molar-refractivity contribution in [3.63, 3.8) is 0 Å². The summed E-state index contributed by atoms with van der Waals surface area (Å²) in [7, 11) is 10.0. The summed E-state index contributed by atoms with van der Waals surface area (Å²) in [6.07, 6.45) is 0.619. The average molecular weight is 606 g/mol. The topological polar surface area (TPSA) is 94.4 Å². The van der Waals surface area contributed by atoms with Crippen molar-refractivity contribution in [2.75, 3.05) is 13.0 Å². The molecule has 0 spiro atoms. The standard InChI is InChI=1S/C9H13BNO3.C6H9BNO2.3CH3.V.2Y/c1-3-9(13)5-8(4-7(2)12)11-14-6-10;1-5(3-6(2)9)8-10-4-7;;;;;;/h1,3-6H2,2H3;1,3-4H2,2H3;3*1H3;;;/q5*-1;+2;;/b11-8-;8-5+;;;;;;. The van der Waals surface area contributed by atoms with Crippen LogP contribution < -0.4 is 0 Å². The van der Waals surface area contributed by atoms with Crippen LogP contribution in [-0.2, 0) is 108 Å². The second-order valence-corrected chi connectivity index (χ2v) is 4.63. The van der Waals surface area contributed by atoms with Crippen LogP contribution in [0.25, 0.3) is 0 Å². The molecule has 0 aliphatic carbocycles. The Balaban J connectivity index is -0.0000000463. The van der Waals surface area contributed by atoms with Crippen LogP contribution in [-0.4, -0.2) is 57.5 Å². The molecule has 30 heavy (non-hydrogen) atoms. The van der Waals surface area contributed by atoms with Crippen LogP contribution in [0, 0.1) is 36.1 Å². The van der Waals surface area contributed by atoms with Gasteiger partial charge in [0.1, 0.15) is 33.0 Å². The van der Waals surface area contributed by atoms with Crippen molar-refractivity contribution in [3.05, 3.63) is 36.1 Å². The second-order valence-electron chi connectivity index (χ2n) is 4.63. The molecule has 0 amide bonds. The SMILES string of the molecule is [B]CO/N=C(/CC(C)=O)CC(=O)C[CH2-].[B]CO/N=C(\[CH2-])CC(C)=O.[CH3-].[CH3-].[CH3-].[V+2].[Y].[Y]. The molecule has 0 atom stereocenters. The number of carbonyl (C=O) groups is 3. The van der Waals surface area contributed by atoms with Crippen molar-refractivity contribution >= 4 is 44.5 Å². The zero-order chi connectivity index (χ0) is 19.0. The van der Waals surface area contributed by atoms with Gasteiger partial charge in [0.15, 0.2) is 0 Å². The molecule has 0 rings (SSSR count). The normalized spacial score (nSPS) is 8.90. The van der Waals surface area contributed by atoms with Crippen LogP contribution in [0.4, 0.5) is 0 Å². The van der Waals surface area contributed by atoms with Gasteiger partial charge in [-0.05, 0) is 13.8 Å². The minimum absolute atomic E-state index is 0. The monoisotopic (exact) mass is 606 g/mol. The first-order valence-electron chi connectivity index (χ1n) is 7.15. The van der Waals surface area contributed by atoms with Crippen LogP contribution in [0.3, 0.4) is 0 Å². The molecule has 0 aromatic rings. The van der Waals surface area contributed by atoms with Gasteiger partial charge < -0.3 is 50.6 Å². The first kappa shape index (κ1) is 52.6. The number of nitrogens with zero attached hydrogens (tertiary/aromatic N) is 2. The van der Waals surface area contributed by atoms with E-state index in [1.165, 1.54) is 13.8 Å². The molecule has 0 N–H and O–H groups in total. The molecule has 0 bridgehead atoms. The minimum atomic E-state index is -0.0781. The first-order chi connectivity index (χ1) is 11.3. The minimum Gasteiger partial charge on any atom is -0.408 e. The average Bonchev–Trinajstić information content (AvgIpc) is 2.49. The Bertz CT molecular complexity index is 483. The van der Waals surface area contributed by atoms with Crippen LogP contribution >= 0.6 is 0 Å². The summed E-state index contributed by atoms with van der Waals surface area (Å²) in [5.41, 5.74) is 0.801. The van der Waals surface area contributed by atoms with Gasteiger partial charge in [-0.15, -0.1) is 11.6 Å². The van der Waals surface area contributed by atoms with Gasteiger partial charge >= 0.3 is 18.6 Å². The van der Waals surface area contributed by atoms with E-state index in [0.717, 1.165) is 0 Å². The fraction of sp³-hybridized carbons (Fsp3) is 0.444. The Morgan fingerprint density at radius 2 is 1.23 bits per heavy atom. The maximum absolute atomic E-state index is 11.0. The molecule has 7 nitrogen and oxygen atoms in total. The molecular weight excluding hydrogens is 575 g/mol. The third-order valence-corrected chi connectivity index (χ3v) is 2.12. The second kappa shape index (κ2) is 37.1. The van der Waals surface area contributed by atoms with E-state index in [2.05, 4.69) is 33.8 Å². The van der Waals surface area contributed by atoms with Gasteiger partial charge in [0, 0.05) is 84.7 Å². The van der Waals surface area contributed by atoms with Crippen molar-refractivity contribution in [1.29, 1.82) is 0 Å². The molecule has 0 saturated carbocycles. The molecule has 0 aromatic heterocycles. The Morgan fingerprint density at radius 1 is 0.833 bits per heavy atom. The molecule has 163 valence electrons. The third kappa shape index (κ3) is 42.8. The summed E-state index contributed by atoms with van der Waals surface area (Å²) in [4.78, 5) is 41.3. The summed E-state index contributed by atoms with van der Waals surface area (Å²) < 4.78 is 0. The van der Waals surface area contributed by atoms with E-state index in [-0.39, 0.29) is 162 Å². The van der Waals surface area contributed by atoms with Crippen molar-refractivity contribution in [2.24, 2.45) is 10.3 Å². The number of ketones is 3.